The predicted octanol–water partition coefficient (Wildman–Crippen LogP) is 2.51. The molecule has 0 bridgehead atoms. The van der Waals surface area contributed by atoms with Crippen molar-refractivity contribution in [2.75, 3.05) is 20.1 Å². The third-order valence-electron chi connectivity index (χ3n) is 4.91. The van der Waals surface area contributed by atoms with Gasteiger partial charge in [0.25, 0.3) is 0 Å². The highest BCUT2D eigenvalue weighted by atomic mass is 16.5. The van der Waals surface area contributed by atoms with Crippen LogP contribution in [0.2, 0.25) is 0 Å². The maximum Gasteiger partial charge on any atom is 0.191 e. The van der Waals surface area contributed by atoms with Crippen molar-refractivity contribution in [3.63, 3.8) is 0 Å². The number of rotatable bonds is 5. The summed E-state index contributed by atoms with van der Waals surface area (Å²) in [6, 6.07) is 16.4. The van der Waals surface area contributed by atoms with E-state index in [1.54, 1.807) is 7.05 Å². The molecule has 2 heterocycles. The number of imidazole rings is 1. The van der Waals surface area contributed by atoms with Crippen LogP contribution < -0.4 is 15.4 Å². The minimum Gasteiger partial charge on any atom is -0.488 e. The van der Waals surface area contributed by atoms with Gasteiger partial charge in [0.1, 0.15) is 17.7 Å². The average molecular weight is 363 g/mol. The first-order valence-corrected chi connectivity index (χ1v) is 9.35. The number of nitrogens with zero attached hydrogens (tertiary/aromatic N) is 3. The van der Waals surface area contributed by atoms with E-state index >= 15 is 0 Å². The molecule has 1 aliphatic heterocycles. The van der Waals surface area contributed by atoms with Crippen LogP contribution in [0.15, 0.2) is 53.5 Å². The van der Waals surface area contributed by atoms with Crippen LogP contribution in [-0.2, 0) is 13.0 Å². The van der Waals surface area contributed by atoms with Gasteiger partial charge in [-0.1, -0.05) is 30.3 Å². The zero-order valence-electron chi connectivity index (χ0n) is 15.8. The van der Waals surface area contributed by atoms with E-state index in [-0.39, 0.29) is 6.10 Å². The summed E-state index contributed by atoms with van der Waals surface area (Å²) in [6.45, 7) is 4.37. The molecule has 6 heteroatoms. The van der Waals surface area contributed by atoms with Crippen molar-refractivity contribution in [1.82, 2.24) is 20.2 Å². The van der Waals surface area contributed by atoms with Gasteiger partial charge in [0, 0.05) is 26.6 Å². The van der Waals surface area contributed by atoms with Crippen LogP contribution in [0.25, 0.3) is 11.0 Å². The summed E-state index contributed by atoms with van der Waals surface area (Å²) in [7, 11) is 1.79. The van der Waals surface area contributed by atoms with Crippen LogP contribution in [0.3, 0.4) is 0 Å². The van der Waals surface area contributed by atoms with Crippen LogP contribution in [0.4, 0.5) is 0 Å². The van der Waals surface area contributed by atoms with E-state index in [0.29, 0.717) is 0 Å². The number of fused-ring (bicyclic) bond motifs is 2. The number of ether oxygens (including phenoxy) is 1. The fraction of sp³-hybridized carbons (Fsp3) is 0.333. The molecule has 2 aromatic carbocycles. The summed E-state index contributed by atoms with van der Waals surface area (Å²) in [5.74, 6) is 2.81. The van der Waals surface area contributed by atoms with Crippen LogP contribution in [0.5, 0.6) is 5.75 Å². The normalized spacial score (nSPS) is 16.2. The molecule has 0 amide bonds. The highest BCUT2D eigenvalue weighted by Crippen LogP contribution is 2.27. The summed E-state index contributed by atoms with van der Waals surface area (Å²) in [6.07, 6.45) is 1.07. The van der Waals surface area contributed by atoms with E-state index in [1.165, 1.54) is 5.56 Å². The van der Waals surface area contributed by atoms with Crippen LogP contribution in [0, 0.1) is 6.92 Å². The quantitative estimate of drug-likeness (QED) is 0.540. The van der Waals surface area contributed by atoms with E-state index in [4.69, 9.17) is 4.74 Å². The summed E-state index contributed by atoms with van der Waals surface area (Å²) < 4.78 is 8.20. The maximum atomic E-state index is 5.97. The van der Waals surface area contributed by atoms with Gasteiger partial charge in [-0.3, -0.25) is 4.99 Å². The number of aromatic nitrogens is 2. The van der Waals surface area contributed by atoms with Crippen molar-refractivity contribution in [2.24, 2.45) is 4.99 Å². The molecule has 0 radical (unpaired) electrons. The van der Waals surface area contributed by atoms with E-state index in [2.05, 4.69) is 43.4 Å². The smallest absolute Gasteiger partial charge is 0.191 e. The Hall–Kier alpha value is -3.02. The number of guanidine groups is 1. The molecule has 1 aliphatic rings. The van der Waals surface area contributed by atoms with Gasteiger partial charge in [-0.2, -0.15) is 0 Å². The monoisotopic (exact) mass is 363 g/mol. The zero-order valence-corrected chi connectivity index (χ0v) is 15.8. The van der Waals surface area contributed by atoms with Crippen LogP contribution in [-0.4, -0.2) is 41.8 Å². The number of aliphatic imine (C=N–C) groups is 1. The van der Waals surface area contributed by atoms with E-state index in [1.807, 2.05) is 37.3 Å². The fourth-order valence-corrected chi connectivity index (χ4v) is 3.56. The summed E-state index contributed by atoms with van der Waals surface area (Å²) in [5.41, 5.74) is 3.47. The Labute approximate surface area is 159 Å². The summed E-state index contributed by atoms with van der Waals surface area (Å²) >= 11 is 0. The lowest BCUT2D eigenvalue weighted by Gasteiger charge is -2.16. The molecule has 3 aromatic rings. The van der Waals surface area contributed by atoms with Gasteiger partial charge in [0.2, 0.25) is 0 Å². The molecule has 0 spiro atoms. The summed E-state index contributed by atoms with van der Waals surface area (Å²) in [4.78, 5) is 8.93. The lowest BCUT2D eigenvalue weighted by atomic mass is 10.1. The lowest BCUT2D eigenvalue weighted by Crippen LogP contribution is -2.43. The second-order valence-electron chi connectivity index (χ2n) is 6.73. The molecule has 1 atom stereocenters. The fourth-order valence-electron chi connectivity index (χ4n) is 3.56. The molecular formula is C21H25N5O. The van der Waals surface area contributed by atoms with Crippen molar-refractivity contribution in [3.05, 3.63) is 59.9 Å². The number of aryl methyl sites for hydroxylation is 1. The number of para-hydroxylation sites is 3. The van der Waals surface area contributed by atoms with E-state index in [9.17, 15) is 0 Å². The second kappa shape index (κ2) is 7.70. The maximum absolute atomic E-state index is 5.97. The Morgan fingerprint density at radius 2 is 2.00 bits per heavy atom. The van der Waals surface area contributed by atoms with Crippen molar-refractivity contribution in [2.45, 2.75) is 26.0 Å². The average Bonchev–Trinajstić information content (AvgIpc) is 3.24. The Morgan fingerprint density at radius 1 is 1.19 bits per heavy atom. The molecule has 0 saturated carbocycles. The van der Waals surface area contributed by atoms with Gasteiger partial charge < -0.3 is 19.9 Å². The Kier molecular flexibility index (Phi) is 4.96. The van der Waals surface area contributed by atoms with Crippen LogP contribution in [0.1, 0.15) is 11.4 Å². The molecule has 0 saturated heterocycles. The van der Waals surface area contributed by atoms with Crippen molar-refractivity contribution in [1.29, 1.82) is 0 Å². The molecule has 2 N–H and O–H groups in total. The minimum absolute atomic E-state index is 0.140. The second-order valence-corrected chi connectivity index (χ2v) is 6.73. The number of hydrogen-bond acceptors (Lipinski definition) is 3. The number of benzene rings is 2. The van der Waals surface area contributed by atoms with Gasteiger partial charge >= 0.3 is 0 Å². The first-order valence-electron chi connectivity index (χ1n) is 9.35. The molecule has 4 rings (SSSR count). The van der Waals surface area contributed by atoms with Crippen molar-refractivity contribution >= 4 is 17.0 Å². The molecule has 27 heavy (non-hydrogen) atoms. The molecule has 0 fully saturated rings. The topological polar surface area (TPSA) is 63.5 Å². The third-order valence-corrected chi connectivity index (χ3v) is 4.91. The standard InChI is InChI=1S/C21H25N5O/c1-15-25-18-8-4-5-9-19(18)26(15)12-11-23-21(22-2)24-14-17-13-16-7-3-6-10-20(16)27-17/h3-10,17H,11-14H2,1-2H3,(H2,22,23,24). The van der Waals surface area contributed by atoms with Gasteiger partial charge in [-0.05, 0) is 30.7 Å². The summed E-state index contributed by atoms with van der Waals surface area (Å²) in [5, 5.41) is 6.75. The first-order chi connectivity index (χ1) is 13.2. The number of hydrogen-bond donors (Lipinski definition) is 2. The molecule has 0 aliphatic carbocycles. The van der Waals surface area contributed by atoms with Crippen molar-refractivity contribution < 1.29 is 4.74 Å². The third kappa shape index (κ3) is 3.74. The Bertz CT molecular complexity index is 937. The molecular weight excluding hydrogens is 338 g/mol. The first kappa shape index (κ1) is 17.4. The number of nitrogens with one attached hydrogen (secondary N) is 2. The minimum atomic E-state index is 0.140. The molecule has 140 valence electrons. The zero-order chi connectivity index (χ0) is 18.6. The lowest BCUT2D eigenvalue weighted by molar-refractivity contribution is 0.235. The molecule has 1 aromatic heterocycles. The SMILES string of the molecule is CN=C(NCCn1c(C)nc2ccccc21)NCC1Cc2ccccc2O1. The highest BCUT2D eigenvalue weighted by molar-refractivity contribution is 5.79. The predicted molar refractivity (Wildman–Crippen MR) is 108 cm³/mol. The largest absolute Gasteiger partial charge is 0.488 e. The molecule has 1 unspecified atom stereocenters. The highest BCUT2D eigenvalue weighted by Gasteiger charge is 2.22. The van der Waals surface area contributed by atoms with Crippen LogP contribution >= 0.6 is 0 Å². The Balaban J connectivity index is 1.28. The van der Waals surface area contributed by atoms with Gasteiger partial charge in [-0.25, -0.2) is 4.98 Å². The van der Waals surface area contributed by atoms with Gasteiger partial charge in [-0.15, -0.1) is 0 Å². The van der Waals surface area contributed by atoms with Gasteiger partial charge in [0.05, 0.1) is 17.6 Å². The van der Waals surface area contributed by atoms with Gasteiger partial charge in [0.15, 0.2) is 5.96 Å². The van der Waals surface area contributed by atoms with E-state index in [0.717, 1.165) is 54.6 Å². The molecule has 6 nitrogen and oxygen atoms in total. The van der Waals surface area contributed by atoms with Crippen molar-refractivity contribution in [3.8, 4) is 5.75 Å². The van der Waals surface area contributed by atoms with E-state index < -0.39 is 0 Å². The Morgan fingerprint density at radius 3 is 2.85 bits per heavy atom.